The second-order valence-electron chi connectivity index (χ2n) is 7.20. The summed E-state index contributed by atoms with van der Waals surface area (Å²) < 4.78 is 6.75. The first-order chi connectivity index (χ1) is 16.5. The van der Waals surface area contributed by atoms with Gasteiger partial charge in [0.15, 0.2) is 6.61 Å². The van der Waals surface area contributed by atoms with E-state index in [4.69, 9.17) is 39.5 Å². The van der Waals surface area contributed by atoms with Gasteiger partial charge in [-0.05, 0) is 47.5 Å². The fourth-order valence-corrected chi connectivity index (χ4v) is 3.58. The van der Waals surface area contributed by atoms with E-state index in [2.05, 4.69) is 20.7 Å². The molecule has 0 bridgehead atoms. The predicted molar refractivity (Wildman–Crippen MR) is 135 cm³/mol. The zero-order valence-electron chi connectivity index (χ0n) is 17.8. The van der Waals surface area contributed by atoms with E-state index < -0.39 is 5.91 Å². The average molecular weight is 517 g/mol. The fraction of sp³-hybridized carbons (Fsp3) is 0.125. The normalized spacial score (nSPS) is 10.7. The molecule has 0 fully saturated rings. The summed E-state index contributed by atoms with van der Waals surface area (Å²) in [5, 5.41) is 12.4. The molecule has 0 spiro atoms. The monoisotopic (exact) mass is 515 g/mol. The minimum atomic E-state index is -0.407. The van der Waals surface area contributed by atoms with Crippen molar-refractivity contribution in [2.45, 2.75) is 13.1 Å². The van der Waals surface area contributed by atoms with Crippen LogP contribution in [0.3, 0.4) is 0 Å². The molecular formula is C24H20Cl3N5O2. The predicted octanol–water partition coefficient (Wildman–Crippen LogP) is 6.18. The molecule has 0 aliphatic rings. The molecule has 0 aliphatic carbocycles. The number of ether oxygens (including phenoxy) is 1. The highest BCUT2D eigenvalue weighted by Crippen LogP contribution is 2.20. The highest BCUT2D eigenvalue weighted by Gasteiger charge is 2.17. The van der Waals surface area contributed by atoms with Crippen LogP contribution in [0, 0.1) is 0 Å². The molecule has 0 saturated heterocycles. The van der Waals surface area contributed by atoms with Crippen molar-refractivity contribution in [1.29, 1.82) is 0 Å². The molecule has 4 rings (SSSR count). The summed E-state index contributed by atoms with van der Waals surface area (Å²) in [5.41, 5.74) is 1.73. The maximum Gasteiger partial charge on any atom is 0.288 e. The van der Waals surface area contributed by atoms with Crippen LogP contribution in [0.1, 0.15) is 15.9 Å². The Balaban J connectivity index is 1.50. The lowest BCUT2D eigenvalue weighted by Gasteiger charge is -2.09. The van der Waals surface area contributed by atoms with Crippen LogP contribution in [0.15, 0.2) is 72.8 Å². The molecule has 2 N–H and O–H groups in total. The number of benzene rings is 3. The maximum atomic E-state index is 12.9. The van der Waals surface area contributed by atoms with E-state index in [0.29, 0.717) is 33.9 Å². The molecule has 7 nitrogen and oxygen atoms in total. The van der Waals surface area contributed by atoms with E-state index >= 15 is 0 Å². The third kappa shape index (κ3) is 6.20. The van der Waals surface area contributed by atoms with Crippen LogP contribution in [0.2, 0.25) is 15.1 Å². The molecule has 0 radical (unpaired) electrons. The molecule has 1 heterocycles. The number of hydrogen-bond donors (Lipinski definition) is 2. The SMILES string of the molecule is O=C(COc1ccc(Cl)cc1)n1nc(NCc2ccccc2Cl)nc1NCc1ccccc1Cl. The quantitative estimate of drug-likeness (QED) is 0.276. The molecule has 0 aliphatic heterocycles. The molecule has 3 aromatic carbocycles. The highest BCUT2D eigenvalue weighted by molar-refractivity contribution is 6.31. The van der Waals surface area contributed by atoms with Gasteiger partial charge in [0.25, 0.3) is 5.91 Å². The standard InChI is InChI=1S/C24H20Cl3N5O2/c25-18-9-11-19(12-10-18)34-15-22(33)32-24(29-14-17-6-2-4-8-21(17)27)30-23(31-32)28-13-16-5-1-3-7-20(16)26/h1-12H,13-15H2,(H2,28,29,30,31). The number of rotatable bonds is 9. The number of halogens is 3. The first kappa shape index (κ1) is 23.9. The Bertz CT molecular complexity index is 1280. The highest BCUT2D eigenvalue weighted by atomic mass is 35.5. The van der Waals surface area contributed by atoms with Crippen LogP contribution in [-0.4, -0.2) is 27.3 Å². The van der Waals surface area contributed by atoms with E-state index in [1.54, 1.807) is 36.4 Å². The average Bonchev–Trinajstić information content (AvgIpc) is 3.26. The summed E-state index contributed by atoms with van der Waals surface area (Å²) in [6, 6.07) is 21.6. The number of anilines is 2. The lowest BCUT2D eigenvalue weighted by Crippen LogP contribution is -2.23. The maximum absolute atomic E-state index is 12.9. The van der Waals surface area contributed by atoms with Gasteiger partial charge < -0.3 is 15.4 Å². The Hall–Kier alpha value is -3.26. The van der Waals surface area contributed by atoms with Crippen LogP contribution in [0.25, 0.3) is 0 Å². The van der Waals surface area contributed by atoms with Gasteiger partial charge in [0.05, 0.1) is 0 Å². The van der Waals surface area contributed by atoms with Gasteiger partial charge in [-0.15, -0.1) is 5.10 Å². The van der Waals surface area contributed by atoms with Gasteiger partial charge >= 0.3 is 0 Å². The van der Waals surface area contributed by atoms with E-state index in [-0.39, 0.29) is 18.5 Å². The fourth-order valence-electron chi connectivity index (χ4n) is 3.04. The summed E-state index contributed by atoms with van der Waals surface area (Å²) in [5.74, 6) is 0.628. The number of nitrogens with one attached hydrogen (secondary N) is 2. The van der Waals surface area contributed by atoms with Gasteiger partial charge in [-0.2, -0.15) is 9.67 Å². The van der Waals surface area contributed by atoms with Crippen molar-refractivity contribution in [1.82, 2.24) is 14.8 Å². The number of aromatic nitrogens is 3. The second-order valence-corrected chi connectivity index (χ2v) is 8.45. The molecule has 174 valence electrons. The zero-order valence-corrected chi connectivity index (χ0v) is 20.1. The van der Waals surface area contributed by atoms with Gasteiger partial charge in [0.1, 0.15) is 5.75 Å². The molecule has 0 saturated carbocycles. The van der Waals surface area contributed by atoms with Crippen LogP contribution in [0.5, 0.6) is 5.75 Å². The van der Waals surface area contributed by atoms with E-state index in [1.807, 2.05) is 36.4 Å². The van der Waals surface area contributed by atoms with Crippen molar-refractivity contribution < 1.29 is 9.53 Å². The Morgan fingerprint density at radius 3 is 2.03 bits per heavy atom. The molecule has 4 aromatic rings. The number of nitrogens with zero attached hydrogens (tertiary/aromatic N) is 3. The number of hydrogen-bond acceptors (Lipinski definition) is 6. The first-order valence-electron chi connectivity index (χ1n) is 10.3. The van der Waals surface area contributed by atoms with Crippen molar-refractivity contribution in [2.24, 2.45) is 0 Å². The number of carbonyl (C=O) groups excluding carboxylic acids is 1. The van der Waals surface area contributed by atoms with Crippen LogP contribution in [0.4, 0.5) is 11.9 Å². The minimum absolute atomic E-state index is 0.240. The molecule has 34 heavy (non-hydrogen) atoms. The Morgan fingerprint density at radius 2 is 1.41 bits per heavy atom. The van der Waals surface area contributed by atoms with Gasteiger partial charge in [-0.25, -0.2) is 0 Å². The van der Waals surface area contributed by atoms with Crippen molar-refractivity contribution in [2.75, 3.05) is 17.2 Å². The summed E-state index contributed by atoms with van der Waals surface area (Å²) in [6.07, 6.45) is 0. The van der Waals surface area contributed by atoms with E-state index in [9.17, 15) is 4.79 Å². The Kier molecular flexibility index (Phi) is 7.90. The first-order valence-corrected chi connectivity index (χ1v) is 11.5. The van der Waals surface area contributed by atoms with Crippen molar-refractivity contribution in [3.63, 3.8) is 0 Å². The van der Waals surface area contributed by atoms with Gasteiger partial charge in [-0.3, -0.25) is 4.79 Å². The summed E-state index contributed by atoms with van der Waals surface area (Å²) in [6.45, 7) is 0.506. The van der Waals surface area contributed by atoms with E-state index in [0.717, 1.165) is 11.1 Å². The van der Waals surface area contributed by atoms with Gasteiger partial charge in [0.2, 0.25) is 11.9 Å². The molecule has 10 heteroatoms. The third-order valence-electron chi connectivity index (χ3n) is 4.81. The molecule has 0 amide bonds. The molecule has 0 atom stereocenters. The molecular weight excluding hydrogens is 497 g/mol. The zero-order chi connectivity index (χ0) is 23.9. The van der Waals surface area contributed by atoms with Crippen LogP contribution >= 0.6 is 34.8 Å². The van der Waals surface area contributed by atoms with Gasteiger partial charge in [0, 0.05) is 28.2 Å². The largest absolute Gasteiger partial charge is 0.484 e. The van der Waals surface area contributed by atoms with Gasteiger partial charge in [-0.1, -0.05) is 71.2 Å². The summed E-state index contributed by atoms with van der Waals surface area (Å²) in [7, 11) is 0. The second kappa shape index (κ2) is 11.2. The van der Waals surface area contributed by atoms with Crippen LogP contribution in [-0.2, 0) is 13.1 Å². The summed E-state index contributed by atoms with van der Waals surface area (Å²) >= 11 is 18.4. The molecule has 1 aromatic heterocycles. The lowest BCUT2D eigenvalue weighted by atomic mass is 10.2. The third-order valence-corrected chi connectivity index (χ3v) is 5.80. The Labute approximate surface area is 211 Å². The smallest absolute Gasteiger partial charge is 0.288 e. The minimum Gasteiger partial charge on any atom is -0.484 e. The Morgan fingerprint density at radius 1 is 0.824 bits per heavy atom. The van der Waals surface area contributed by atoms with Crippen molar-refractivity contribution >= 4 is 52.6 Å². The van der Waals surface area contributed by atoms with Crippen molar-refractivity contribution in [3.8, 4) is 5.75 Å². The van der Waals surface area contributed by atoms with Crippen molar-refractivity contribution in [3.05, 3.63) is 99.0 Å². The summed E-state index contributed by atoms with van der Waals surface area (Å²) in [4.78, 5) is 17.4. The van der Waals surface area contributed by atoms with Crippen LogP contribution < -0.4 is 15.4 Å². The van der Waals surface area contributed by atoms with E-state index in [1.165, 1.54) is 4.68 Å². The lowest BCUT2D eigenvalue weighted by molar-refractivity contribution is 0.0824. The topological polar surface area (TPSA) is 81.1 Å². The molecule has 0 unspecified atom stereocenters. The number of carbonyl (C=O) groups is 1.